The highest BCUT2D eigenvalue weighted by molar-refractivity contribution is 6.28. The fourth-order valence-electron chi connectivity index (χ4n) is 1.00. The van der Waals surface area contributed by atoms with Crippen LogP contribution in [-0.4, -0.2) is 29.3 Å². The van der Waals surface area contributed by atoms with E-state index in [-0.39, 0.29) is 12.1 Å². The summed E-state index contributed by atoms with van der Waals surface area (Å²) < 4.78 is 0. The van der Waals surface area contributed by atoms with Gasteiger partial charge in [0.2, 0.25) is 0 Å². The molecule has 72 valence electrons. The second kappa shape index (κ2) is 3.72. The van der Waals surface area contributed by atoms with Gasteiger partial charge in [-0.3, -0.25) is 19.8 Å². The Bertz CT molecular complexity index is 378. The molecule has 0 aromatic carbocycles. The maximum Gasteiger partial charge on any atom is 0.331 e. The molecular weight excluding hydrogens is 184 g/mol. The third-order valence-corrected chi connectivity index (χ3v) is 1.64. The number of rotatable bonds is 2. The summed E-state index contributed by atoms with van der Waals surface area (Å²) in [6, 6.07) is -0.751. The molecule has 5 nitrogen and oxygen atoms in total. The van der Waals surface area contributed by atoms with Gasteiger partial charge in [0.1, 0.15) is 5.57 Å². The molecule has 0 bridgehead atoms. The van der Waals surface area contributed by atoms with Crippen molar-refractivity contribution in [1.82, 2.24) is 10.2 Å². The molecule has 4 amide bonds. The van der Waals surface area contributed by atoms with Crippen LogP contribution in [0.15, 0.2) is 30.5 Å². The molecule has 1 fully saturated rings. The molecule has 1 N–H and O–H groups in total. The van der Waals surface area contributed by atoms with Crippen molar-refractivity contribution < 1.29 is 14.4 Å². The summed E-state index contributed by atoms with van der Waals surface area (Å²) in [6.07, 6.45) is 1.38. The van der Waals surface area contributed by atoms with Crippen LogP contribution in [0.3, 0.4) is 0 Å². The first-order chi connectivity index (χ1) is 6.61. The highest BCUT2D eigenvalue weighted by atomic mass is 16.2. The van der Waals surface area contributed by atoms with Gasteiger partial charge in [-0.2, -0.15) is 0 Å². The van der Waals surface area contributed by atoms with Gasteiger partial charge in [0, 0.05) is 6.54 Å². The molecule has 0 aromatic rings. The lowest BCUT2D eigenvalue weighted by molar-refractivity contribution is -0.129. The monoisotopic (exact) mass is 192 g/mol. The van der Waals surface area contributed by atoms with Gasteiger partial charge in [-0.1, -0.05) is 12.7 Å². The van der Waals surface area contributed by atoms with Crippen molar-refractivity contribution >= 4 is 17.8 Å². The van der Waals surface area contributed by atoms with E-state index in [1.807, 2.05) is 5.32 Å². The third-order valence-electron chi connectivity index (χ3n) is 1.64. The number of nitrogens with zero attached hydrogens (tertiary/aromatic N) is 1. The van der Waals surface area contributed by atoms with Crippen molar-refractivity contribution in [2.45, 2.75) is 0 Å². The lowest BCUT2D eigenvalue weighted by atomic mass is 10.2. The van der Waals surface area contributed by atoms with Crippen LogP contribution in [0.2, 0.25) is 0 Å². The van der Waals surface area contributed by atoms with Gasteiger partial charge in [-0.25, -0.2) is 4.79 Å². The van der Waals surface area contributed by atoms with E-state index >= 15 is 0 Å². The van der Waals surface area contributed by atoms with Gasteiger partial charge in [-0.05, 0) is 0 Å². The van der Waals surface area contributed by atoms with Crippen LogP contribution < -0.4 is 5.32 Å². The minimum absolute atomic E-state index is 0.0448. The van der Waals surface area contributed by atoms with Gasteiger partial charge < -0.3 is 0 Å². The van der Waals surface area contributed by atoms with Crippen LogP contribution in [0.4, 0.5) is 4.79 Å². The molecule has 1 aliphatic rings. The van der Waals surface area contributed by atoms with E-state index in [1.165, 1.54) is 6.08 Å². The first-order valence-corrected chi connectivity index (χ1v) is 3.80. The van der Waals surface area contributed by atoms with E-state index in [0.717, 1.165) is 4.90 Å². The van der Waals surface area contributed by atoms with E-state index < -0.39 is 17.8 Å². The maximum atomic E-state index is 11.4. The summed E-state index contributed by atoms with van der Waals surface area (Å²) in [5.74, 6) is -1.47. The molecule has 14 heavy (non-hydrogen) atoms. The Balaban J connectivity index is 3.06. The number of nitrogens with one attached hydrogen (secondary N) is 1. The molecule has 0 aromatic heterocycles. The molecule has 1 heterocycles. The molecule has 1 rings (SSSR count). The van der Waals surface area contributed by atoms with E-state index in [2.05, 4.69) is 18.9 Å². The zero-order valence-electron chi connectivity index (χ0n) is 7.37. The summed E-state index contributed by atoms with van der Waals surface area (Å²) in [4.78, 5) is 34.5. The summed E-state index contributed by atoms with van der Waals surface area (Å²) in [5, 5.41) is 1.99. The Hall–Kier alpha value is -2.13. The normalized spacial score (nSPS) is 16.4. The quantitative estimate of drug-likeness (QED) is 0.289. The van der Waals surface area contributed by atoms with E-state index in [1.54, 1.807) is 0 Å². The molecule has 1 saturated heterocycles. The lowest BCUT2D eigenvalue weighted by Crippen LogP contribution is -2.53. The van der Waals surface area contributed by atoms with Crippen LogP contribution in [0.25, 0.3) is 0 Å². The van der Waals surface area contributed by atoms with Gasteiger partial charge in [0.15, 0.2) is 0 Å². The first-order valence-electron chi connectivity index (χ1n) is 3.80. The zero-order chi connectivity index (χ0) is 10.7. The summed E-state index contributed by atoms with van der Waals surface area (Å²) in [6.45, 7) is 6.63. The van der Waals surface area contributed by atoms with Crippen molar-refractivity contribution in [3.63, 3.8) is 0 Å². The van der Waals surface area contributed by atoms with Crippen molar-refractivity contribution in [3.05, 3.63) is 30.5 Å². The fourth-order valence-corrected chi connectivity index (χ4v) is 1.00. The van der Waals surface area contributed by atoms with Crippen LogP contribution in [0.5, 0.6) is 0 Å². The average molecular weight is 192 g/mol. The molecule has 0 radical (unpaired) electrons. The highest BCUT2D eigenvalue weighted by Gasteiger charge is 2.34. The van der Waals surface area contributed by atoms with Gasteiger partial charge in [0.25, 0.3) is 11.8 Å². The minimum Gasteiger partial charge on any atom is -0.273 e. The Kier molecular flexibility index (Phi) is 2.65. The van der Waals surface area contributed by atoms with Crippen LogP contribution in [0, 0.1) is 0 Å². The number of urea groups is 1. The lowest BCUT2D eigenvalue weighted by Gasteiger charge is -2.23. The Morgan fingerprint density at radius 1 is 1.43 bits per heavy atom. The summed E-state index contributed by atoms with van der Waals surface area (Å²) in [7, 11) is 0. The highest BCUT2D eigenvalue weighted by Crippen LogP contribution is 2.07. The predicted octanol–water partition coefficient (Wildman–Crippen LogP) is -0.0379. The molecule has 0 saturated carbocycles. The smallest absolute Gasteiger partial charge is 0.273 e. The number of carbonyl (C=O) groups is 3. The zero-order valence-corrected chi connectivity index (χ0v) is 7.37. The standard InChI is InChI=1S/C9H8N2O3/c1-3-5-11-8(13)6(4-2)7(12)10-9(11)14/h3H,1-2,5H2,(H,10,12,14). The fraction of sp³-hybridized carbons (Fsp3) is 0.111. The molecule has 1 aliphatic heterocycles. The molecule has 0 atom stereocenters. The van der Waals surface area contributed by atoms with E-state index in [0.29, 0.717) is 0 Å². The maximum absolute atomic E-state index is 11.4. The number of carbonyl (C=O) groups excluding carboxylic acids is 3. The number of hydrogen-bond acceptors (Lipinski definition) is 3. The second-order valence-electron chi connectivity index (χ2n) is 2.52. The Morgan fingerprint density at radius 3 is 2.57 bits per heavy atom. The Morgan fingerprint density at radius 2 is 2.07 bits per heavy atom. The van der Waals surface area contributed by atoms with E-state index in [9.17, 15) is 14.4 Å². The van der Waals surface area contributed by atoms with Crippen molar-refractivity contribution in [1.29, 1.82) is 0 Å². The second-order valence-corrected chi connectivity index (χ2v) is 2.52. The van der Waals surface area contributed by atoms with Crippen LogP contribution in [0.1, 0.15) is 0 Å². The number of imide groups is 2. The summed E-state index contributed by atoms with van der Waals surface area (Å²) >= 11 is 0. The SMILES string of the molecule is C=C=C1C(=O)NC(=O)N(CC=C)C1=O. The first kappa shape index (κ1) is 9.95. The van der Waals surface area contributed by atoms with Gasteiger partial charge in [-0.15, -0.1) is 12.3 Å². The minimum atomic E-state index is -0.768. The van der Waals surface area contributed by atoms with E-state index in [4.69, 9.17) is 0 Å². The number of hydrogen-bond donors (Lipinski definition) is 1. The van der Waals surface area contributed by atoms with Crippen molar-refractivity contribution in [2.75, 3.05) is 6.54 Å². The average Bonchev–Trinajstić information content (AvgIpc) is 2.12. The number of barbiturate groups is 1. The van der Waals surface area contributed by atoms with Crippen molar-refractivity contribution in [3.8, 4) is 0 Å². The topological polar surface area (TPSA) is 66.5 Å². The molecule has 0 aliphatic carbocycles. The predicted molar refractivity (Wildman–Crippen MR) is 48.1 cm³/mol. The largest absolute Gasteiger partial charge is 0.331 e. The van der Waals surface area contributed by atoms with Gasteiger partial charge in [0.05, 0.1) is 0 Å². The van der Waals surface area contributed by atoms with Crippen LogP contribution in [-0.2, 0) is 9.59 Å². The third kappa shape index (κ3) is 1.48. The van der Waals surface area contributed by atoms with Gasteiger partial charge >= 0.3 is 6.03 Å². The molecule has 5 heteroatoms. The summed E-state index contributed by atoms with van der Waals surface area (Å²) in [5.41, 5.74) is 1.93. The van der Waals surface area contributed by atoms with Crippen molar-refractivity contribution in [2.24, 2.45) is 0 Å². The molecular formula is C9H8N2O3. The molecule has 0 spiro atoms. The molecule has 0 unspecified atom stereocenters. The van der Waals surface area contributed by atoms with Crippen LogP contribution >= 0.6 is 0 Å². The number of amides is 4. The Labute approximate surface area is 80.4 Å².